The van der Waals surface area contributed by atoms with E-state index in [2.05, 4.69) is 19.2 Å². The lowest BCUT2D eigenvalue weighted by Crippen LogP contribution is -2.82. The standard InChI is InChI=1S/C16H30N2O3/c1-11(2)10-20-9-7-18-14(19)16(17)12-6-5-8-21-13(12)15(16,3)4/h11-13H,5-10,17H2,1-4H3,(H,18,19). The normalized spacial score (nSPS) is 34.2. The molecule has 3 N–H and O–H groups in total. The summed E-state index contributed by atoms with van der Waals surface area (Å²) in [5.74, 6) is 0.581. The third-order valence-corrected chi connectivity index (χ3v) is 5.04. The fourth-order valence-electron chi connectivity index (χ4n) is 3.74. The third-order valence-electron chi connectivity index (χ3n) is 5.04. The van der Waals surface area contributed by atoms with Gasteiger partial charge in [-0.1, -0.05) is 27.7 Å². The van der Waals surface area contributed by atoms with Crippen LogP contribution in [0.1, 0.15) is 40.5 Å². The van der Waals surface area contributed by atoms with E-state index in [9.17, 15) is 4.79 Å². The van der Waals surface area contributed by atoms with Gasteiger partial charge >= 0.3 is 0 Å². The van der Waals surface area contributed by atoms with Crippen LogP contribution < -0.4 is 11.1 Å². The van der Waals surface area contributed by atoms with E-state index in [-0.39, 0.29) is 23.3 Å². The van der Waals surface area contributed by atoms with Crippen molar-refractivity contribution < 1.29 is 14.3 Å². The Labute approximate surface area is 127 Å². The molecule has 0 aromatic rings. The zero-order chi connectivity index (χ0) is 15.7. The fraction of sp³-hybridized carbons (Fsp3) is 0.938. The van der Waals surface area contributed by atoms with Gasteiger partial charge in [-0.05, 0) is 18.8 Å². The van der Waals surface area contributed by atoms with Gasteiger partial charge in [0.15, 0.2) is 0 Å². The summed E-state index contributed by atoms with van der Waals surface area (Å²) in [7, 11) is 0. The molecule has 5 heteroatoms. The van der Waals surface area contributed by atoms with Crippen LogP contribution in [0.4, 0.5) is 0 Å². The van der Waals surface area contributed by atoms with E-state index in [4.69, 9.17) is 15.2 Å². The van der Waals surface area contributed by atoms with Crippen LogP contribution in [0.5, 0.6) is 0 Å². The molecule has 1 aliphatic carbocycles. The lowest BCUT2D eigenvalue weighted by molar-refractivity contribution is -0.225. The minimum Gasteiger partial charge on any atom is -0.379 e. The number of nitrogens with two attached hydrogens (primary N) is 1. The molecule has 0 bridgehead atoms. The van der Waals surface area contributed by atoms with Gasteiger partial charge in [-0.3, -0.25) is 4.79 Å². The van der Waals surface area contributed by atoms with Gasteiger partial charge in [-0.2, -0.15) is 0 Å². The molecule has 3 unspecified atom stereocenters. The molecule has 2 fully saturated rings. The molecule has 3 atom stereocenters. The fourth-order valence-corrected chi connectivity index (χ4v) is 3.74. The number of hydrogen-bond acceptors (Lipinski definition) is 4. The Morgan fingerprint density at radius 2 is 2.19 bits per heavy atom. The molecule has 21 heavy (non-hydrogen) atoms. The maximum Gasteiger partial charge on any atom is 0.241 e. The Kier molecular flexibility index (Phi) is 4.96. The van der Waals surface area contributed by atoms with Crippen LogP contribution in [0.25, 0.3) is 0 Å². The van der Waals surface area contributed by atoms with Crippen molar-refractivity contribution in [1.29, 1.82) is 0 Å². The number of rotatable bonds is 6. The molecule has 1 aliphatic heterocycles. The van der Waals surface area contributed by atoms with Crippen molar-refractivity contribution in [3.63, 3.8) is 0 Å². The first-order chi connectivity index (χ1) is 9.81. The van der Waals surface area contributed by atoms with Crippen LogP contribution in [0.15, 0.2) is 0 Å². The van der Waals surface area contributed by atoms with Crippen molar-refractivity contribution in [2.45, 2.75) is 52.2 Å². The van der Waals surface area contributed by atoms with Gasteiger partial charge in [0, 0.05) is 31.1 Å². The molecule has 1 saturated carbocycles. The van der Waals surface area contributed by atoms with Crippen molar-refractivity contribution in [3.05, 3.63) is 0 Å². The Hall–Kier alpha value is -0.650. The number of nitrogens with one attached hydrogen (secondary N) is 1. The Bertz CT molecular complexity index is 384. The zero-order valence-corrected chi connectivity index (χ0v) is 13.8. The molecule has 2 rings (SSSR count). The van der Waals surface area contributed by atoms with E-state index in [0.29, 0.717) is 25.7 Å². The summed E-state index contributed by atoms with van der Waals surface area (Å²) < 4.78 is 11.3. The first kappa shape index (κ1) is 16.7. The molecular formula is C16H30N2O3. The average Bonchev–Trinajstić information content (AvgIpc) is 2.45. The molecule has 5 nitrogen and oxygen atoms in total. The van der Waals surface area contributed by atoms with Crippen LogP contribution >= 0.6 is 0 Å². The van der Waals surface area contributed by atoms with Crippen LogP contribution in [-0.4, -0.2) is 43.9 Å². The molecule has 1 amide bonds. The first-order valence-electron chi connectivity index (χ1n) is 8.08. The highest BCUT2D eigenvalue weighted by atomic mass is 16.5. The van der Waals surface area contributed by atoms with E-state index in [1.807, 2.05) is 13.8 Å². The maximum atomic E-state index is 12.6. The van der Waals surface area contributed by atoms with Gasteiger partial charge in [-0.25, -0.2) is 0 Å². The van der Waals surface area contributed by atoms with Crippen LogP contribution in [0, 0.1) is 17.3 Å². The van der Waals surface area contributed by atoms with Crippen molar-refractivity contribution in [2.24, 2.45) is 23.0 Å². The highest BCUT2D eigenvalue weighted by Gasteiger charge is 2.70. The number of fused-ring (bicyclic) bond motifs is 1. The second-order valence-electron chi connectivity index (χ2n) is 7.36. The number of ether oxygens (including phenoxy) is 2. The van der Waals surface area contributed by atoms with Gasteiger partial charge in [0.25, 0.3) is 0 Å². The van der Waals surface area contributed by atoms with Crippen molar-refractivity contribution in [2.75, 3.05) is 26.4 Å². The SMILES string of the molecule is CC(C)COCCNC(=O)C1(N)C2CCCOC2C1(C)C. The summed E-state index contributed by atoms with van der Waals surface area (Å²) in [5, 5.41) is 2.94. The highest BCUT2D eigenvalue weighted by Crippen LogP contribution is 2.57. The minimum atomic E-state index is -0.823. The summed E-state index contributed by atoms with van der Waals surface area (Å²) in [6.45, 7) is 10.8. The maximum absolute atomic E-state index is 12.6. The quantitative estimate of drug-likeness (QED) is 0.725. The lowest BCUT2D eigenvalue weighted by atomic mass is 9.46. The largest absolute Gasteiger partial charge is 0.379 e. The summed E-state index contributed by atoms with van der Waals surface area (Å²) >= 11 is 0. The summed E-state index contributed by atoms with van der Waals surface area (Å²) in [6.07, 6.45) is 2.07. The van der Waals surface area contributed by atoms with E-state index in [1.54, 1.807) is 0 Å². The molecule has 0 spiro atoms. The number of hydrogen-bond donors (Lipinski definition) is 2. The average molecular weight is 298 g/mol. The van der Waals surface area contributed by atoms with Gasteiger partial charge < -0.3 is 20.5 Å². The topological polar surface area (TPSA) is 73.6 Å². The molecule has 1 saturated heterocycles. The second kappa shape index (κ2) is 6.23. The first-order valence-corrected chi connectivity index (χ1v) is 8.08. The highest BCUT2D eigenvalue weighted by molar-refractivity contribution is 5.89. The number of carbonyl (C=O) groups excluding carboxylic acids is 1. The molecule has 0 aromatic carbocycles. The van der Waals surface area contributed by atoms with Gasteiger partial charge in [-0.15, -0.1) is 0 Å². The van der Waals surface area contributed by atoms with Crippen molar-refractivity contribution in [1.82, 2.24) is 5.32 Å². The summed E-state index contributed by atoms with van der Waals surface area (Å²) in [5.41, 5.74) is 5.37. The third kappa shape index (κ3) is 2.83. The predicted molar refractivity (Wildman–Crippen MR) is 81.8 cm³/mol. The zero-order valence-electron chi connectivity index (χ0n) is 13.8. The van der Waals surface area contributed by atoms with E-state index in [0.717, 1.165) is 19.4 Å². The number of amides is 1. The van der Waals surface area contributed by atoms with Crippen LogP contribution in [-0.2, 0) is 14.3 Å². The minimum absolute atomic E-state index is 0.0626. The Morgan fingerprint density at radius 1 is 1.48 bits per heavy atom. The molecular weight excluding hydrogens is 268 g/mol. The van der Waals surface area contributed by atoms with Gasteiger partial charge in [0.2, 0.25) is 5.91 Å². The Morgan fingerprint density at radius 3 is 2.86 bits per heavy atom. The Balaban J connectivity index is 1.86. The molecule has 2 aliphatic rings. The van der Waals surface area contributed by atoms with E-state index >= 15 is 0 Å². The van der Waals surface area contributed by atoms with E-state index in [1.165, 1.54) is 0 Å². The van der Waals surface area contributed by atoms with Gasteiger partial charge in [0.1, 0.15) is 5.54 Å². The smallest absolute Gasteiger partial charge is 0.241 e. The summed E-state index contributed by atoms with van der Waals surface area (Å²) in [4.78, 5) is 12.6. The van der Waals surface area contributed by atoms with Crippen molar-refractivity contribution >= 4 is 5.91 Å². The monoisotopic (exact) mass is 298 g/mol. The van der Waals surface area contributed by atoms with Crippen LogP contribution in [0.2, 0.25) is 0 Å². The summed E-state index contributed by atoms with van der Waals surface area (Å²) in [6, 6.07) is 0. The number of carbonyl (C=O) groups is 1. The van der Waals surface area contributed by atoms with E-state index < -0.39 is 5.54 Å². The van der Waals surface area contributed by atoms with Crippen LogP contribution in [0.3, 0.4) is 0 Å². The predicted octanol–water partition coefficient (Wildman–Crippen LogP) is 1.31. The van der Waals surface area contributed by atoms with Gasteiger partial charge in [0.05, 0.1) is 12.7 Å². The van der Waals surface area contributed by atoms with Crippen molar-refractivity contribution in [3.8, 4) is 0 Å². The molecule has 1 heterocycles. The molecule has 0 radical (unpaired) electrons. The lowest BCUT2D eigenvalue weighted by Gasteiger charge is -2.65. The second-order valence-corrected chi connectivity index (χ2v) is 7.36. The molecule has 0 aromatic heterocycles. The molecule has 122 valence electrons.